The van der Waals surface area contributed by atoms with Gasteiger partial charge in [0.25, 0.3) is 23.6 Å². The van der Waals surface area contributed by atoms with Gasteiger partial charge in [0.05, 0.1) is 110 Å². The standard InChI is InChI=1S/C38H50I6N6O14S2/c1-47(7-17(55)11-51)35(61)23-27(39)24(36(62)48(2)8-18(56)12-52)30(42)33(29(23)41)45-21(59)15-65-5-6-66-16-22(60)46-34-31(43)25(37(63)49(3)9-19(57)13-53)28(40)26(32(34)44)38(64)50(4)10-20(58)14-54/h17-20,51-58H,5-16H2,1-4H3,(H,45,59)(H,46,60). The quantitative estimate of drug-likeness (QED) is 0.0491. The number of aliphatic hydroxyl groups is 8. The van der Waals surface area contributed by atoms with Crippen molar-refractivity contribution >= 4 is 206 Å². The summed E-state index contributed by atoms with van der Waals surface area (Å²) in [4.78, 5) is 86.5. The number of hydrogen-bond acceptors (Lipinski definition) is 16. The van der Waals surface area contributed by atoms with E-state index < -0.39 is 86.3 Å². The van der Waals surface area contributed by atoms with E-state index in [0.29, 0.717) is 25.8 Å². The normalized spacial score (nSPS) is 13.1. The van der Waals surface area contributed by atoms with E-state index in [-0.39, 0.29) is 78.5 Å². The van der Waals surface area contributed by atoms with Crippen molar-refractivity contribution in [2.75, 3.05) is 114 Å². The van der Waals surface area contributed by atoms with Crippen LogP contribution in [0.15, 0.2) is 0 Å². The van der Waals surface area contributed by atoms with Crippen LogP contribution >= 0.6 is 159 Å². The topological polar surface area (TPSA) is 301 Å². The van der Waals surface area contributed by atoms with Gasteiger partial charge < -0.3 is 71.1 Å². The Morgan fingerprint density at radius 2 is 0.652 bits per heavy atom. The Morgan fingerprint density at radius 1 is 0.439 bits per heavy atom. The third kappa shape index (κ3) is 17.4. The molecule has 0 aliphatic rings. The Bertz CT molecular complexity index is 1840. The van der Waals surface area contributed by atoms with E-state index in [0.717, 1.165) is 0 Å². The molecular formula is C38H50I6N6O14S2. The van der Waals surface area contributed by atoms with Crippen LogP contribution in [0.5, 0.6) is 0 Å². The van der Waals surface area contributed by atoms with Gasteiger partial charge in [-0.05, 0) is 136 Å². The molecule has 0 spiro atoms. The smallest absolute Gasteiger partial charge is 0.255 e. The molecule has 0 radical (unpaired) electrons. The van der Waals surface area contributed by atoms with Crippen LogP contribution < -0.4 is 10.6 Å². The number of hydrogen-bond donors (Lipinski definition) is 10. The van der Waals surface area contributed by atoms with Crippen molar-refractivity contribution in [3.63, 3.8) is 0 Å². The first-order valence-electron chi connectivity index (χ1n) is 19.2. The molecule has 66 heavy (non-hydrogen) atoms. The number of amides is 6. The van der Waals surface area contributed by atoms with Gasteiger partial charge in [-0.3, -0.25) is 28.8 Å². The van der Waals surface area contributed by atoms with Crippen molar-refractivity contribution < 1.29 is 69.6 Å². The van der Waals surface area contributed by atoms with Crippen LogP contribution in [0.2, 0.25) is 0 Å². The minimum absolute atomic E-state index is 0.0527. The van der Waals surface area contributed by atoms with Gasteiger partial charge >= 0.3 is 0 Å². The molecular weight excluding hydrogens is 1590 g/mol. The van der Waals surface area contributed by atoms with Gasteiger partial charge in [0.15, 0.2) is 0 Å². The van der Waals surface area contributed by atoms with Crippen LogP contribution in [0, 0.1) is 21.4 Å². The number of likely N-dealkylation sites (N-methyl/N-ethyl adjacent to an activating group) is 4. The molecule has 0 saturated carbocycles. The maximum absolute atomic E-state index is 13.8. The van der Waals surface area contributed by atoms with Gasteiger partial charge in [0.1, 0.15) is 0 Å². The molecule has 4 atom stereocenters. The summed E-state index contributed by atoms with van der Waals surface area (Å²) in [6, 6.07) is 0. The number of aliphatic hydroxyl groups excluding tert-OH is 8. The second kappa shape index (κ2) is 30.1. The second-order valence-electron chi connectivity index (χ2n) is 14.4. The van der Waals surface area contributed by atoms with Gasteiger partial charge in [-0.15, -0.1) is 0 Å². The summed E-state index contributed by atoms with van der Waals surface area (Å²) in [5.41, 5.74) is 0.638. The minimum Gasteiger partial charge on any atom is -0.394 e. The first-order valence-corrected chi connectivity index (χ1v) is 28.0. The maximum atomic E-state index is 13.8. The fourth-order valence-corrected chi connectivity index (χ4v) is 16.2. The summed E-state index contributed by atoms with van der Waals surface area (Å²) >= 11 is 13.8. The Hall–Kier alpha value is 0.0200. The number of nitrogens with zero attached hydrogens (tertiary/aromatic N) is 4. The van der Waals surface area contributed by atoms with Crippen molar-refractivity contribution in [1.82, 2.24) is 19.6 Å². The van der Waals surface area contributed by atoms with E-state index in [1.165, 1.54) is 71.3 Å². The highest BCUT2D eigenvalue weighted by molar-refractivity contribution is 14.1. The number of anilines is 2. The molecule has 0 heterocycles. The summed E-state index contributed by atoms with van der Waals surface area (Å²) in [5.74, 6) is -2.56. The van der Waals surface area contributed by atoms with E-state index in [1.807, 2.05) is 136 Å². The lowest BCUT2D eigenvalue weighted by Crippen LogP contribution is -2.39. The third-order valence-corrected chi connectivity index (χ3v) is 17.7. The fraction of sp³-hybridized carbons (Fsp3) is 0.526. The molecule has 2 aromatic carbocycles. The minimum atomic E-state index is -1.23. The Kier molecular flexibility index (Phi) is 28.4. The van der Waals surface area contributed by atoms with Crippen LogP contribution in [0.25, 0.3) is 0 Å². The first kappa shape index (κ1) is 62.1. The van der Waals surface area contributed by atoms with Gasteiger partial charge in [-0.25, -0.2) is 0 Å². The Labute approximate surface area is 471 Å². The van der Waals surface area contributed by atoms with Gasteiger partial charge in [0, 0.05) is 73.0 Å². The molecule has 0 aromatic heterocycles. The molecule has 0 aliphatic heterocycles. The number of rotatable bonds is 25. The van der Waals surface area contributed by atoms with E-state index >= 15 is 0 Å². The third-order valence-electron chi connectivity index (χ3n) is 9.02. The number of carbonyl (C=O) groups excluding carboxylic acids is 6. The molecule has 370 valence electrons. The van der Waals surface area contributed by atoms with E-state index in [4.69, 9.17) is 0 Å². The largest absolute Gasteiger partial charge is 0.394 e. The molecule has 20 nitrogen and oxygen atoms in total. The SMILES string of the molecule is CN(CC(O)CO)C(=O)c1c(I)c(NC(=O)CSCCSCC(=O)Nc2c(I)c(C(=O)N(C)CC(O)CO)c(I)c(C(=O)N(C)CC(O)CO)c2I)c(I)c(C(=O)N(C)CC(O)CO)c1I. The molecule has 0 saturated heterocycles. The van der Waals surface area contributed by atoms with Crippen molar-refractivity contribution in [2.24, 2.45) is 0 Å². The molecule has 0 fully saturated rings. The number of thioether (sulfide) groups is 2. The molecule has 28 heteroatoms. The highest BCUT2D eigenvalue weighted by atomic mass is 127. The predicted octanol–water partition coefficient (Wildman–Crippen LogP) is 1.06. The van der Waals surface area contributed by atoms with Crippen molar-refractivity contribution in [3.05, 3.63) is 43.7 Å². The van der Waals surface area contributed by atoms with Gasteiger partial charge in [-0.2, -0.15) is 23.5 Å². The molecule has 0 bridgehead atoms. The monoisotopic (exact) mass is 1640 g/mol. The number of carbonyl (C=O) groups is 6. The number of nitrogens with one attached hydrogen (secondary N) is 2. The zero-order valence-electron chi connectivity index (χ0n) is 35.7. The summed E-state index contributed by atoms with van der Waals surface area (Å²) in [6.07, 6.45) is -4.92. The number of halogens is 6. The predicted molar refractivity (Wildman–Crippen MR) is 301 cm³/mol. The molecule has 0 aliphatic carbocycles. The molecule has 2 aromatic rings. The molecule has 10 N–H and O–H groups in total. The summed E-state index contributed by atoms with van der Waals surface area (Å²) < 4.78 is 1.77. The summed E-state index contributed by atoms with van der Waals surface area (Å²) in [5, 5.41) is 83.1. The zero-order valence-corrected chi connectivity index (χ0v) is 50.3. The van der Waals surface area contributed by atoms with E-state index in [9.17, 15) is 69.6 Å². The van der Waals surface area contributed by atoms with Crippen LogP contribution in [-0.4, -0.2) is 224 Å². The first-order chi connectivity index (χ1) is 30.9. The van der Waals surface area contributed by atoms with Crippen LogP contribution in [0.4, 0.5) is 11.4 Å². The average molecular weight is 1640 g/mol. The Morgan fingerprint density at radius 3 is 0.848 bits per heavy atom. The van der Waals surface area contributed by atoms with Crippen LogP contribution in [-0.2, 0) is 9.59 Å². The second-order valence-corrected chi connectivity index (χ2v) is 23.1. The Balaban J connectivity index is 2.29. The number of benzene rings is 2. The maximum Gasteiger partial charge on any atom is 0.255 e. The van der Waals surface area contributed by atoms with Crippen molar-refractivity contribution in [1.29, 1.82) is 0 Å². The lowest BCUT2D eigenvalue weighted by atomic mass is 10.1. The van der Waals surface area contributed by atoms with E-state index in [2.05, 4.69) is 10.6 Å². The van der Waals surface area contributed by atoms with Crippen LogP contribution in [0.3, 0.4) is 0 Å². The van der Waals surface area contributed by atoms with Gasteiger partial charge in [-0.1, -0.05) is 0 Å². The summed E-state index contributed by atoms with van der Waals surface area (Å²) in [6.45, 7) is -3.26. The van der Waals surface area contributed by atoms with Crippen molar-refractivity contribution in [2.45, 2.75) is 24.4 Å². The van der Waals surface area contributed by atoms with Crippen LogP contribution in [0.1, 0.15) is 41.4 Å². The lowest BCUT2D eigenvalue weighted by Gasteiger charge is -2.26. The highest BCUT2D eigenvalue weighted by Crippen LogP contribution is 2.39. The summed E-state index contributed by atoms with van der Waals surface area (Å²) in [7, 11) is 5.66. The fourth-order valence-electron chi connectivity index (χ4n) is 5.69. The lowest BCUT2D eigenvalue weighted by molar-refractivity contribution is -0.114. The molecule has 4 unspecified atom stereocenters. The molecule has 2 rings (SSSR count). The van der Waals surface area contributed by atoms with E-state index in [1.54, 1.807) is 0 Å². The zero-order chi connectivity index (χ0) is 50.3. The highest BCUT2D eigenvalue weighted by Gasteiger charge is 2.34. The molecule has 6 amide bonds. The average Bonchev–Trinajstić information content (AvgIpc) is 3.26. The van der Waals surface area contributed by atoms with Gasteiger partial charge in [0.2, 0.25) is 11.8 Å². The van der Waals surface area contributed by atoms with Crippen molar-refractivity contribution in [3.8, 4) is 0 Å².